The predicted octanol–water partition coefficient (Wildman–Crippen LogP) is 2.39. The maximum atomic E-state index is 12.9. The maximum Gasteiger partial charge on any atom is 0.128 e. The quantitative estimate of drug-likeness (QED) is 0.537. The van der Waals surface area contributed by atoms with Gasteiger partial charge >= 0.3 is 0 Å². The summed E-state index contributed by atoms with van der Waals surface area (Å²) in [5.41, 5.74) is 2.62. The Balaban J connectivity index is 2.63. The summed E-state index contributed by atoms with van der Waals surface area (Å²) in [5.74, 6) is -0.164. The van der Waals surface area contributed by atoms with E-state index in [0.717, 1.165) is 17.7 Å². The fourth-order valence-electron chi connectivity index (χ4n) is 1.26. The second-order valence-corrected chi connectivity index (χ2v) is 2.75. The molecule has 1 aliphatic rings. The maximum absolute atomic E-state index is 12.9. The van der Waals surface area contributed by atoms with E-state index >= 15 is 0 Å². The van der Waals surface area contributed by atoms with Crippen molar-refractivity contribution in [3.63, 3.8) is 0 Å². The Kier molecular flexibility index (Phi) is 1.28. The lowest BCUT2D eigenvalue weighted by atomic mass is 10.1. The standard InChI is InChI=1S/C9H8FN/c1-6-4-7-2-3-11-9(7)5-8(6)10/h3-5H,2H2,1H3. The summed E-state index contributed by atoms with van der Waals surface area (Å²) in [7, 11) is 0. The van der Waals surface area contributed by atoms with Crippen LogP contribution in [0.1, 0.15) is 11.1 Å². The Bertz CT molecular complexity index is 329. The number of rotatable bonds is 0. The summed E-state index contributed by atoms with van der Waals surface area (Å²) < 4.78 is 12.9. The van der Waals surface area contributed by atoms with E-state index in [0.29, 0.717) is 5.56 Å². The molecule has 0 amide bonds. The van der Waals surface area contributed by atoms with Crippen molar-refractivity contribution in [3.8, 4) is 0 Å². The largest absolute Gasteiger partial charge is 0.260 e. The first-order chi connectivity index (χ1) is 5.27. The van der Waals surface area contributed by atoms with E-state index < -0.39 is 0 Å². The highest BCUT2D eigenvalue weighted by Gasteiger charge is 2.08. The van der Waals surface area contributed by atoms with Gasteiger partial charge in [0.1, 0.15) is 5.82 Å². The average molecular weight is 149 g/mol. The molecule has 0 saturated carbocycles. The van der Waals surface area contributed by atoms with Crippen LogP contribution in [0.15, 0.2) is 17.1 Å². The molecule has 0 saturated heterocycles. The topological polar surface area (TPSA) is 12.4 Å². The van der Waals surface area contributed by atoms with Crippen molar-refractivity contribution in [2.75, 3.05) is 0 Å². The van der Waals surface area contributed by atoms with Gasteiger partial charge in [-0.2, -0.15) is 0 Å². The molecular formula is C9H8FN. The van der Waals surface area contributed by atoms with E-state index in [1.807, 2.05) is 12.3 Å². The van der Waals surface area contributed by atoms with Gasteiger partial charge in [0.2, 0.25) is 0 Å². The molecule has 0 N–H and O–H groups in total. The molecule has 2 heteroatoms. The molecule has 0 fully saturated rings. The van der Waals surface area contributed by atoms with E-state index in [2.05, 4.69) is 4.99 Å². The third kappa shape index (κ3) is 0.946. The highest BCUT2D eigenvalue weighted by molar-refractivity contribution is 5.75. The first-order valence-electron chi connectivity index (χ1n) is 3.59. The minimum absolute atomic E-state index is 0.164. The lowest BCUT2D eigenvalue weighted by molar-refractivity contribution is 0.618. The smallest absolute Gasteiger partial charge is 0.128 e. The number of hydrogen-bond acceptors (Lipinski definition) is 1. The van der Waals surface area contributed by atoms with Gasteiger partial charge in [-0.15, -0.1) is 0 Å². The Hall–Kier alpha value is -1.18. The van der Waals surface area contributed by atoms with Crippen molar-refractivity contribution in [2.45, 2.75) is 13.3 Å². The summed E-state index contributed by atoms with van der Waals surface area (Å²) in [5, 5.41) is 0. The van der Waals surface area contributed by atoms with E-state index in [4.69, 9.17) is 0 Å². The first-order valence-corrected chi connectivity index (χ1v) is 3.59. The van der Waals surface area contributed by atoms with Gasteiger partial charge in [0.25, 0.3) is 0 Å². The van der Waals surface area contributed by atoms with E-state index in [-0.39, 0.29) is 5.82 Å². The molecule has 0 radical (unpaired) electrons. The second kappa shape index (κ2) is 2.16. The fraction of sp³-hybridized carbons (Fsp3) is 0.222. The molecule has 0 aliphatic carbocycles. The van der Waals surface area contributed by atoms with Crippen LogP contribution in [-0.2, 0) is 6.42 Å². The first kappa shape index (κ1) is 6.53. The van der Waals surface area contributed by atoms with Gasteiger partial charge in [0, 0.05) is 18.7 Å². The number of benzene rings is 1. The van der Waals surface area contributed by atoms with E-state index in [1.54, 1.807) is 6.92 Å². The van der Waals surface area contributed by atoms with Crippen LogP contribution >= 0.6 is 0 Å². The molecule has 0 atom stereocenters. The molecule has 2 rings (SSSR count). The van der Waals surface area contributed by atoms with Crippen LogP contribution in [-0.4, -0.2) is 6.21 Å². The number of aliphatic imine (C=N–C) groups is 1. The van der Waals surface area contributed by atoms with Crippen LogP contribution in [0.3, 0.4) is 0 Å². The van der Waals surface area contributed by atoms with Crippen LogP contribution in [0, 0.1) is 12.7 Å². The minimum Gasteiger partial charge on any atom is -0.260 e. The molecule has 1 heterocycles. The number of fused-ring (bicyclic) bond motifs is 1. The SMILES string of the molecule is Cc1cc2c(cc1F)N=CC2. The van der Waals surface area contributed by atoms with Crippen molar-refractivity contribution in [1.29, 1.82) is 0 Å². The molecule has 1 aliphatic heterocycles. The van der Waals surface area contributed by atoms with Crippen LogP contribution in [0.25, 0.3) is 0 Å². The average Bonchev–Trinajstić information content (AvgIpc) is 2.36. The third-order valence-electron chi connectivity index (χ3n) is 1.90. The Morgan fingerprint density at radius 2 is 2.27 bits per heavy atom. The van der Waals surface area contributed by atoms with Gasteiger partial charge in [-0.1, -0.05) is 6.07 Å². The van der Waals surface area contributed by atoms with Crippen LogP contribution in [0.2, 0.25) is 0 Å². The number of nitrogens with zero attached hydrogens (tertiary/aromatic N) is 1. The summed E-state index contributed by atoms with van der Waals surface area (Å²) in [6.07, 6.45) is 2.65. The highest BCUT2D eigenvalue weighted by Crippen LogP contribution is 2.26. The second-order valence-electron chi connectivity index (χ2n) is 2.75. The molecule has 0 aromatic heterocycles. The third-order valence-corrected chi connectivity index (χ3v) is 1.90. The molecule has 11 heavy (non-hydrogen) atoms. The van der Waals surface area contributed by atoms with Gasteiger partial charge in [-0.3, -0.25) is 4.99 Å². The van der Waals surface area contributed by atoms with E-state index in [1.165, 1.54) is 6.07 Å². The predicted molar refractivity (Wildman–Crippen MR) is 43.0 cm³/mol. The minimum atomic E-state index is -0.164. The summed E-state index contributed by atoms with van der Waals surface area (Å²) in [4.78, 5) is 4.04. The summed E-state index contributed by atoms with van der Waals surface area (Å²) >= 11 is 0. The van der Waals surface area contributed by atoms with Crippen molar-refractivity contribution in [2.24, 2.45) is 4.99 Å². The van der Waals surface area contributed by atoms with Crippen molar-refractivity contribution in [3.05, 3.63) is 29.1 Å². The van der Waals surface area contributed by atoms with Crippen molar-refractivity contribution >= 4 is 11.9 Å². The van der Waals surface area contributed by atoms with Gasteiger partial charge < -0.3 is 0 Å². The van der Waals surface area contributed by atoms with E-state index in [9.17, 15) is 4.39 Å². The Morgan fingerprint density at radius 3 is 3.09 bits per heavy atom. The van der Waals surface area contributed by atoms with Crippen LogP contribution < -0.4 is 0 Å². The molecule has 1 aromatic rings. The molecule has 0 bridgehead atoms. The number of aryl methyl sites for hydroxylation is 1. The van der Waals surface area contributed by atoms with Gasteiger partial charge in [0.05, 0.1) is 5.69 Å². The van der Waals surface area contributed by atoms with Gasteiger partial charge in [-0.05, 0) is 18.1 Å². The molecule has 0 spiro atoms. The normalized spacial score (nSPS) is 13.6. The molecule has 1 aromatic carbocycles. The van der Waals surface area contributed by atoms with Gasteiger partial charge in [0.15, 0.2) is 0 Å². The summed E-state index contributed by atoms with van der Waals surface area (Å²) in [6.45, 7) is 1.77. The fourth-order valence-corrected chi connectivity index (χ4v) is 1.26. The molecule has 56 valence electrons. The lowest BCUT2D eigenvalue weighted by Gasteiger charge is -1.99. The van der Waals surface area contributed by atoms with Crippen molar-refractivity contribution < 1.29 is 4.39 Å². The van der Waals surface area contributed by atoms with Crippen LogP contribution in [0.5, 0.6) is 0 Å². The van der Waals surface area contributed by atoms with Crippen molar-refractivity contribution in [1.82, 2.24) is 0 Å². The zero-order valence-corrected chi connectivity index (χ0v) is 6.26. The lowest BCUT2D eigenvalue weighted by Crippen LogP contribution is -1.85. The monoisotopic (exact) mass is 149 g/mol. The number of halogens is 1. The molecular weight excluding hydrogens is 141 g/mol. The zero-order chi connectivity index (χ0) is 7.84. The highest BCUT2D eigenvalue weighted by atomic mass is 19.1. The molecule has 0 unspecified atom stereocenters. The Labute approximate surface area is 64.6 Å². The van der Waals surface area contributed by atoms with Gasteiger partial charge in [-0.25, -0.2) is 4.39 Å². The number of hydrogen-bond donors (Lipinski definition) is 0. The zero-order valence-electron chi connectivity index (χ0n) is 6.26. The molecule has 1 nitrogen and oxygen atoms in total. The summed E-state index contributed by atoms with van der Waals surface area (Å²) in [6, 6.07) is 3.35. The van der Waals surface area contributed by atoms with Crippen LogP contribution in [0.4, 0.5) is 10.1 Å². The Morgan fingerprint density at radius 1 is 1.45 bits per heavy atom.